The van der Waals surface area contributed by atoms with Gasteiger partial charge in [0.05, 0.1) is 6.61 Å². The number of carbonyl (C=O) groups is 1. The second-order valence-corrected chi connectivity index (χ2v) is 7.77. The van der Waals surface area contributed by atoms with Crippen LogP contribution in [0.25, 0.3) is 0 Å². The molecule has 0 saturated carbocycles. The first kappa shape index (κ1) is 21.2. The Kier molecular flexibility index (Phi) is 8.38. The van der Waals surface area contributed by atoms with Crippen LogP contribution in [0, 0.1) is 5.92 Å². The number of urea groups is 1. The lowest BCUT2D eigenvalue weighted by molar-refractivity contribution is 0.175. The van der Waals surface area contributed by atoms with E-state index in [0.717, 1.165) is 69.9 Å². The van der Waals surface area contributed by atoms with Gasteiger partial charge in [0.25, 0.3) is 0 Å². The third kappa shape index (κ3) is 7.42. The van der Waals surface area contributed by atoms with Gasteiger partial charge in [0.2, 0.25) is 0 Å². The van der Waals surface area contributed by atoms with Gasteiger partial charge >= 0.3 is 6.03 Å². The molecule has 1 saturated heterocycles. The number of carbonyl (C=O) groups excluding carboxylic acids is 1. The minimum absolute atomic E-state index is 0.142. The molecule has 0 radical (unpaired) electrons. The fourth-order valence-corrected chi connectivity index (χ4v) is 3.57. The highest BCUT2D eigenvalue weighted by molar-refractivity contribution is 5.89. The Bertz CT molecular complexity index is 726. The highest BCUT2D eigenvalue weighted by Gasteiger charge is 2.19. The molecule has 3 rings (SSSR count). The van der Waals surface area contributed by atoms with Gasteiger partial charge in [0.1, 0.15) is 5.75 Å². The Morgan fingerprint density at radius 3 is 2.48 bits per heavy atom. The molecule has 1 aliphatic heterocycles. The molecule has 0 bridgehead atoms. The Morgan fingerprint density at radius 2 is 1.79 bits per heavy atom. The number of piperidine rings is 1. The van der Waals surface area contributed by atoms with E-state index in [0.29, 0.717) is 5.92 Å². The van der Waals surface area contributed by atoms with Crippen molar-refractivity contribution in [1.82, 2.24) is 10.2 Å². The maximum atomic E-state index is 12.2. The molecule has 29 heavy (non-hydrogen) atoms. The van der Waals surface area contributed by atoms with Gasteiger partial charge in [-0.2, -0.15) is 0 Å². The number of hydrogen-bond donors (Lipinski definition) is 2. The van der Waals surface area contributed by atoms with E-state index in [9.17, 15) is 4.79 Å². The third-order valence-electron chi connectivity index (χ3n) is 5.39. The van der Waals surface area contributed by atoms with Crippen molar-refractivity contribution >= 4 is 11.7 Å². The average molecular weight is 396 g/mol. The Hall–Kier alpha value is -2.53. The third-order valence-corrected chi connectivity index (χ3v) is 5.39. The SMILES string of the molecule is CCCCOc1ccc(NC(=O)NCC2CCN(Cc3ccccc3)CC2)cc1. The summed E-state index contributed by atoms with van der Waals surface area (Å²) < 4.78 is 5.65. The molecule has 1 heterocycles. The van der Waals surface area contributed by atoms with Crippen molar-refractivity contribution in [2.24, 2.45) is 5.92 Å². The van der Waals surface area contributed by atoms with Crippen LogP contribution in [0.2, 0.25) is 0 Å². The van der Waals surface area contributed by atoms with Crippen LogP contribution in [0.1, 0.15) is 38.2 Å². The fourth-order valence-electron chi connectivity index (χ4n) is 3.57. The highest BCUT2D eigenvalue weighted by atomic mass is 16.5. The Balaban J connectivity index is 1.32. The van der Waals surface area contributed by atoms with Crippen LogP contribution < -0.4 is 15.4 Å². The second-order valence-electron chi connectivity index (χ2n) is 7.77. The molecule has 2 aromatic carbocycles. The zero-order chi connectivity index (χ0) is 20.3. The molecule has 1 aliphatic rings. The van der Waals surface area contributed by atoms with Crippen LogP contribution >= 0.6 is 0 Å². The minimum atomic E-state index is -0.142. The monoisotopic (exact) mass is 395 g/mol. The standard InChI is InChI=1S/C24H33N3O2/c1-2-3-17-29-23-11-9-22(10-12-23)26-24(28)25-18-20-13-15-27(16-14-20)19-21-7-5-4-6-8-21/h4-12,20H,2-3,13-19H2,1H3,(H2,25,26,28). The molecular formula is C24H33N3O2. The molecule has 5 heteroatoms. The summed E-state index contributed by atoms with van der Waals surface area (Å²) in [4.78, 5) is 14.7. The van der Waals surface area contributed by atoms with Crippen LogP contribution in [0.3, 0.4) is 0 Å². The molecule has 2 amide bonds. The summed E-state index contributed by atoms with van der Waals surface area (Å²) in [5.41, 5.74) is 2.15. The largest absolute Gasteiger partial charge is 0.494 e. The summed E-state index contributed by atoms with van der Waals surface area (Å²) in [5.74, 6) is 1.38. The van der Waals surface area contributed by atoms with Gasteiger partial charge in [-0.05, 0) is 68.1 Å². The lowest BCUT2D eigenvalue weighted by Crippen LogP contribution is -2.39. The highest BCUT2D eigenvalue weighted by Crippen LogP contribution is 2.19. The van der Waals surface area contributed by atoms with Crippen molar-refractivity contribution in [3.63, 3.8) is 0 Å². The van der Waals surface area contributed by atoms with Crippen LogP contribution in [-0.2, 0) is 6.54 Å². The number of amides is 2. The smallest absolute Gasteiger partial charge is 0.319 e. The van der Waals surface area contributed by atoms with Gasteiger partial charge < -0.3 is 15.4 Å². The summed E-state index contributed by atoms with van der Waals surface area (Å²) >= 11 is 0. The van der Waals surface area contributed by atoms with Crippen LogP contribution in [0.15, 0.2) is 54.6 Å². The van der Waals surface area contributed by atoms with Crippen molar-refractivity contribution in [2.75, 3.05) is 31.6 Å². The van der Waals surface area contributed by atoms with E-state index in [1.54, 1.807) is 0 Å². The number of ether oxygens (including phenoxy) is 1. The topological polar surface area (TPSA) is 53.6 Å². The van der Waals surface area contributed by atoms with Gasteiger partial charge in [0.15, 0.2) is 0 Å². The number of rotatable bonds is 9. The minimum Gasteiger partial charge on any atom is -0.494 e. The van der Waals surface area contributed by atoms with E-state index >= 15 is 0 Å². The molecule has 0 aliphatic carbocycles. The lowest BCUT2D eigenvalue weighted by Gasteiger charge is -2.32. The van der Waals surface area contributed by atoms with Gasteiger partial charge in [-0.15, -0.1) is 0 Å². The molecule has 156 valence electrons. The fraction of sp³-hybridized carbons (Fsp3) is 0.458. The van der Waals surface area contributed by atoms with Crippen molar-refractivity contribution in [3.05, 3.63) is 60.2 Å². The number of anilines is 1. The van der Waals surface area contributed by atoms with E-state index in [4.69, 9.17) is 4.74 Å². The number of unbranched alkanes of at least 4 members (excludes halogenated alkanes) is 1. The predicted molar refractivity (Wildman–Crippen MR) is 118 cm³/mol. The zero-order valence-corrected chi connectivity index (χ0v) is 17.4. The van der Waals surface area contributed by atoms with Crippen molar-refractivity contribution in [1.29, 1.82) is 0 Å². The maximum absolute atomic E-state index is 12.2. The summed E-state index contributed by atoms with van der Waals surface area (Å²) in [5, 5.41) is 5.92. The molecule has 0 atom stereocenters. The van der Waals surface area contributed by atoms with E-state index in [1.807, 2.05) is 24.3 Å². The normalized spacial score (nSPS) is 15.1. The summed E-state index contributed by atoms with van der Waals surface area (Å²) in [6.07, 6.45) is 4.41. The molecule has 0 aromatic heterocycles. The number of nitrogens with one attached hydrogen (secondary N) is 2. The average Bonchev–Trinajstić information content (AvgIpc) is 2.75. The molecule has 2 aromatic rings. The van der Waals surface area contributed by atoms with E-state index in [-0.39, 0.29) is 6.03 Å². The molecule has 1 fully saturated rings. The number of benzene rings is 2. The first-order valence-electron chi connectivity index (χ1n) is 10.8. The Morgan fingerprint density at radius 1 is 1.07 bits per heavy atom. The van der Waals surface area contributed by atoms with Gasteiger partial charge in [-0.25, -0.2) is 4.79 Å². The van der Waals surface area contributed by atoms with E-state index < -0.39 is 0 Å². The van der Waals surface area contributed by atoms with Crippen LogP contribution in [0.5, 0.6) is 5.75 Å². The molecule has 5 nitrogen and oxygen atoms in total. The van der Waals surface area contributed by atoms with Crippen LogP contribution in [0.4, 0.5) is 10.5 Å². The maximum Gasteiger partial charge on any atom is 0.319 e. The first-order chi connectivity index (χ1) is 14.2. The van der Waals surface area contributed by atoms with E-state index in [1.165, 1.54) is 5.56 Å². The van der Waals surface area contributed by atoms with Crippen molar-refractivity contribution < 1.29 is 9.53 Å². The second kappa shape index (κ2) is 11.5. The van der Waals surface area contributed by atoms with Gasteiger partial charge in [0, 0.05) is 18.8 Å². The van der Waals surface area contributed by atoms with Crippen molar-refractivity contribution in [2.45, 2.75) is 39.2 Å². The number of nitrogens with zero attached hydrogens (tertiary/aromatic N) is 1. The summed E-state index contributed by atoms with van der Waals surface area (Å²) in [6.45, 7) is 6.78. The predicted octanol–water partition coefficient (Wildman–Crippen LogP) is 4.90. The number of hydrogen-bond acceptors (Lipinski definition) is 3. The Labute approximate surface area is 174 Å². The lowest BCUT2D eigenvalue weighted by atomic mass is 9.96. The molecule has 0 spiro atoms. The molecular weight excluding hydrogens is 362 g/mol. The van der Waals surface area contributed by atoms with E-state index in [2.05, 4.69) is 52.8 Å². The van der Waals surface area contributed by atoms with Crippen molar-refractivity contribution in [3.8, 4) is 5.75 Å². The molecule has 0 unspecified atom stereocenters. The molecule has 2 N–H and O–H groups in total. The van der Waals surface area contributed by atoms with Crippen LogP contribution in [-0.4, -0.2) is 37.2 Å². The van der Waals surface area contributed by atoms with Gasteiger partial charge in [-0.1, -0.05) is 43.7 Å². The first-order valence-corrected chi connectivity index (χ1v) is 10.8. The summed E-state index contributed by atoms with van der Waals surface area (Å²) in [7, 11) is 0. The zero-order valence-electron chi connectivity index (χ0n) is 17.4. The number of likely N-dealkylation sites (tertiary alicyclic amines) is 1. The quantitative estimate of drug-likeness (QED) is 0.594. The summed E-state index contributed by atoms with van der Waals surface area (Å²) in [6, 6.07) is 18.0. The van der Waals surface area contributed by atoms with Gasteiger partial charge in [-0.3, -0.25) is 4.90 Å².